The topological polar surface area (TPSA) is 54.0 Å². The van der Waals surface area contributed by atoms with Crippen LogP contribution >= 0.6 is 12.4 Å². The summed E-state index contributed by atoms with van der Waals surface area (Å²) >= 11 is 0. The smallest absolute Gasteiger partial charge is 0.237 e. The molecule has 0 radical (unpaired) electrons. The Morgan fingerprint density at radius 2 is 2.13 bits per heavy atom. The second-order valence-electron chi connectivity index (χ2n) is 6.69. The minimum absolute atomic E-state index is 0. The largest absolute Gasteiger partial charge is 0.351 e. The van der Waals surface area contributed by atoms with Gasteiger partial charge in [-0.05, 0) is 36.4 Å². The molecule has 1 unspecified atom stereocenters. The van der Waals surface area contributed by atoms with E-state index >= 15 is 0 Å². The zero-order valence-electron chi connectivity index (χ0n) is 13.6. The number of nitrogens with zero attached hydrogens (tertiary/aromatic N) is 1. The van der Waals surface area contributed by atoms with Gasteiger partial charge in [-0.2, -0.15) is 0 Å². The van der Waals surface area contributed by atoms with Crippen LogP contribution in [0.4, 0.5) is 0 Å². The van der Waals surface area contributed by atoms with E-state index < -0.39 is 0 Å². The van der Waals surface area contributed by atoms with E-state index in [0.29, 0.717) is 6.54 Å². The molecule has 5 heteroatoms. The second kappa shape index (κ2) is 7.28. The third kappa shape index (κ3) is 3.82. The van der Waals surface area contributed by atoms with Gasteiger partial charge in [-0.3, -0.25) is 9.78 Å². The van der Waals surface area contributed by atoms with E-state index in [2.05, 4.69) is 29.5 Å². The number of hydrogen-bond acceptors (Lipinski definition) is 3. The van der Waals surface area contributed by atoms with E-state index in [4.69, 9.17) is 0 Å². The Morgan fingerprint density at radius 3 is 2.91 bits per heavy atom. The fourth-order valence-corrected chi connectivity index (χ4v) is 3.25. The molecule has 3 rings (SSSR count). The molecule has 4 nitrogen and oxygen atoms in total. The predicted octanol–water partition coefficient (Wildman–Crippen LogP) is 3.05. The predicted molar refractivity (Wildman–Crippen MR) is 95.6 cm³/mol. The van der Waals surface area contributed by atoms with Gasteiger partial charge in [0.05, 0.1) is 11.6 Å². The molecule has 0 saturated carbocycles. The molecule has 0 spiro atoms. The van der Waals surface area contributed by atoms with Crippen molar-refractivity contribution in [3.05, 3.63) is 42.1 Å². The van der Waals surface area contributed by atoms with Crippen LogP contribution in [0, 0.1) is 5.41 Å². The molecular weight excluding hydrogens is 310 g/mol. The highest BCUT2D eigenvalue weighted by atomic mass is 35.5. The van der Waals surface area contributed by atoms with Crippen LogP contribution in [-0.4, -0.2) is 23.5 Å². The van der Waals surface area contributed by atoms with Gasteiger partial charge in [-0.15, -0.1) is 12.4 Å². The Morgan fingerprint density at radius 1 is 1.35 bits per heavy atom. The van der Waals surface area contributed by atoms with Crippen LogP contribution in [0.5, 0.6) is 0 Å². The number of fused-ring (bicyclic) bond motifs is 1. The van der Waals surface area contributed by atoms with Crippen LogP contribution in [0.15, 0.2) is 36.5 Å². The number of amides is 1. The van der Waals surface area contributed by atoms with Crippen molar-refractivity contribution in [3.63, 3.8) is 0 Å². The van der Waals surface area contributed by atoms with Crippen molar-refractivity contribution in [3.8, 4) is 0 Å². The number of carbonyl (C=O) groups is 1. The molecule has 0 bridgehead atoms. The lowest BCUT2D eigenvalue weighted by molar-refractivity contribution is -0.126. The van der Waals surface area contributed by atoms with Crippen LogP contribution in [0.1, 0.15) is 32.3 Å². The van der Waals surface area contributed by atoms with Gasteiger partial charge in [-0.1, -0.05) is 38.1 Å². The van der Waals surface area contributed by atoms with E-state index in [-0.39, 0.29) is 29.8 Å². The van der Waals surface area contributed by atoms with Crippen molar-refractivity contribution in [2.24, 2.45) is 5.41 Å². The molecule has 1 aliphatic rings. The van der Waals surface area contributed by atoms with Crippen molar-refractivity contribution in [2.75, 3.05) is 6.54 Å². The monoisotopic (exact) mass is 333 g/mol. The highest BCUT2D eigenvalue weighted by Gasteiger charge is 2.36. The van der Waals surface area contributed by atoms with Gasteiger partial charge in [0.1, 0.15) is 0 Å². The van der Waals surface area contributed by atoms with E-state index in [1.807, 2.05) is 30.3 Å². The first-order valence-corrected chi connectivity index (χ1v) is 7.92. The Bertz CT molecular complexity index is 682. The number of piperidine rings is 1. The van der Waals surface area contributed by atoms with Crippen molar-refractivity contribution < 1.29 is 4.79 Å². The maximum absolute atomic E-state index is 12.5. The van der Waals surface area contributed by atoms with Gasteiger partial charge in [-0.25, -0.2) is 0 Å². The quantitative estimate of drug-likeness (QED) is 0.907. The summed E-state index contributed by atoms with van der Waals surface area (Å²) in [7, 11) is 0. The Hall–Kier alpha value is -1.65. The first-order valence-electron chi connectivity index (χ1n) is 7.92. The maximum atomic E-state index is 12.5. The van der Waals surface area contributed by atoms with Gasteiger partial charge in [0.25, 0.3) is 0 Å². The number of rotatable bonds is 3. The molecule has 0 aliphatic carbocycles. The summed E-state index contributed by atoms with van der Waals surface area (Å²) in [5.41, 5.74) is 2.01. The highest BCUT2D eigenvalue weighted by Crippen LogP contribution is 2.30. The number of carbonyl (C=O) groups excluding carboxylic acids is 1. The minimum atomic E-state index is -0.121. The standard InChI is InChI=1S/C18H23N3O.ClH/c1-18(2)9-5-11-20-16(18)17(22)21-12-14-7-3-6-13-8-4-10-19-15(13)14;/h3-4,6-8,10,16,20H,5,9,11-12H2,1-2H3,(H,21,22);1H. The summed E-state index contributed by atoms with van der Waals surface area (Å²) in [5, 5.41) is 7.53. The molecule has 2 N–H and O–H groups in total. The SMILES string of the molecule is CC1(C)CCCNC1C(=O)NCc1cccc2cccnc12.Cl. The highest BCUT2D eigenvalue weighted by molar-refractivity contribution is 5.85. The molecule has 1 amide bonds. The Balaban J connectivity index is 0.00000192. The lowest BCUT2D eigenvalue weighted by Crippen LogP contribution is -2.55. The van der Waals surface area contributed by atoms with Crippen molar-refractivity contribution >= 4 is 29.2 Å². The molecule has 1 atom stereocenters. The minimum Gasteiger partial charge on any atom is -0.351 e. The molecular formula is C18H24ClN3O. The summed E-state index contributed by atoms with van der Waals surface area (Å²) in [6.45, 7) is 5.74. The fourth-order valence-electron chi connectivity index (χ4n) is 3.25. The summed E-state index contributed by atoms with van der Waals surface area (Å²) in [4.78, 5) is 17.0. The van der Waals surface area contributed by atoms with Crippen LogP contribution in [0.2, 0.25) is 0 Å². The lowest BCUT2D eigenvalue weighted by Gasteiger charge is -2.38. The van der Waals surface area contributed by atoms with Crippen molar-refractivity contribution in [1.29, 1.82) is 0 Å². The molecule has 1 aromatic carbocycles. The van der Waals surface area contributed by atoms with Crippen LogP contribution in [0.3, 0.4) is 0 Å². The third-order valence-corrected chi connectivity index (χ3v) is 4.56. The second-order valence-corrected chi connectivity index (χ2v) is 6.69. The van der Waals surface area contributed by atoms with Crippen molar-refractivity contribution in [1.82, 2.24) is 15.6 Å². The normalized spacial score (nSPS) is 19.8. The molecule has 2 heterocycles. The number of hydrogen-bond donors (Lipinski definition) is 2. The van der Waals surface area contributed by atoms with Gasteiger partial charge in [0.2, 0.25) is 5.91 Å². The Kier molecular flexibility index (Phi) is 5.60. The lowest BCUT2D eigenvalue weighted by atomic mass is 9.77. The van der Waals surface area contributed by atoms with E-state index in [1.165, 1.54) is 0 Å². The van der Waals surface area contributed by atoms with Crippen LogP contribution in [0.25, 0.3) is 10.9 Å². The van der Waals surface area contributed by atoms with E-state index in [0.717, 1.165) is 35.9 Å². The molecule has 1 aliphatic heterocycles. The summed E-state index contributed by atoms with van der Waals surface area (Å²) in [6.07, 6.45) is 4.00. The first-order chi connectivity index (χ1) is 10.6. The van der Waals surface area contributed by atoms with Gasteiger partial charge in [0.15, 0.2) is 0 Å². The number of halogens is 1. The number of benzene rings is 1. The number of pyridine rings is 1. The third-order valence-electron chi connectivity index (χ3n) is 4.56. The zero-order valence-corrected chi connectivity index (χ0v) is 14.5. The van der Waals surface area contributed by atoms with Gasteiger partial charge in [0, 0.05) is 18.1 Å². The average molecular weight is 334 g/mol. The summed E-state index contributed by atoms with van der Waals surface area (Å²) in [6, 6.07) is 9.92. The Labute approximate surface area is 143 Å². The summed E-state index contributed by atoms with van der Waals surface area (Å²) < 4.78 is 0. The molecule has 1 aromatic heterocycles. The van der Waals surface area contributed by atoms with E-state index in [1.54, 1.807) is 6.20 Å². The number of para-hydroxylation sites is 1. The van der Waals surface area contributed by atoms with Gasteiger partial charge >= 0.3 is 0 Å². The maximum Gasteiger partial charge on any atom is 0.237 e. The summed E-state index contributed by atoms with van der Waals surface area (Å²) in [5.74, 6) is 0.0811. The first kappa shape index (κ1) is 17.7. The van der Waals surface area contributed by atoms with Gasteiger partial charge < -0.3 is 10.6 Å². The molecule has 1 saturated heterocycles. The zero-order chi connectivity index (χ0) is 15.6. The van der Waals surface area contributed by atoms with Crippen LogP contribution in [-0.2, 0) is 11.3 Å². The van der Waals surface area contributed by atoms with Crippen molar-refractivity contribution in [2.45, 2.75) is 39.3 Å². The molecule has 2 aromatic rings. The molecule has 23 heavy (non-hydrogen) atoms. The number of nitrogens with one attached hydrogen (secondary N) is 2. The number of aromatic nitrogens is 1. The van der Waals surface area contributed by atoms with Crippen LogP contribution < -0.4 is 10.6 Å². The van der Waals surface area contributed by atoms with E-state index in [9.17, 15) is 4.79 Å². The molecule has 1 fully saturated rings. The molecule has 124 valence electrons. The fraction of sp³-hybridized carbons (Fsp3) is 0.444. The average Bonchev–Trinajstić information content (AvgIpc) is 2.52.